The highest BCUT2D eigenvalue weighted by molar-refractivity contribution is 9.10. The molecule has 3 nitrogen and oxygen atoms in total. The third kappa shape index (κ3) is 4.22. The number of sulfonamides is 1. The minimum Gasteiger partial charge on any atom is -0.211 e. The second-order valence-corrected chi connectivity index (χ2v) is 7.33. The van der Waals surface area contributed by atoms with Gasteiger partial charge in [0.05, 0.1) is 0 Å². The molecule has 108 valence electrons. The number of hydrogen-bond donors (Lipinski definition) is 1. The number of benzene rings is 1. The Hall–Kier alpha value is -0.530. The lowest BCUT2D eigenvalue weighted by atomic mass is 9.99. The molecule has 0 saturated carbocycles. The minimum absolute atomic E-state index is 0.108. The van der Waals surface area contributed by atoms with Gasteiger partial charge in [-0.1, -0.05) is 20.8 Å². The van der Waals surface area contributed by atoms with Crippen LogP contribution in [-0.4, -0.2) is 15.0 Å². The van der Waals surface area contributed by atoms with Crippen molar-refractivity contribution in [2.45, 2.75) is 25.7 Å². The lowest BCUT2D eigenvalue weighted by Gasteiger charge is -2.16. The van der Waals surface area contributed by atoms with E-state index >= 15 is 0 Å². The zero-order chi connectivity index (χ0) is 14.8. The van der Waals surface area contributed by atoms with Gasteiger partial charge in [-0.2, -0.15) is 0 Å². The molecule has 1 atom stereocenters. The molecule has 0 aliphatic heterocycles. The van der Waals surface area contributed by atoms with Crippen LogP contribution in [-0.2, 0) is 10.0 Å². The van der Waals surface area contributed by atoms with Crippen LogP contribution in [0.15, 0.2) is 21.5 Å². The SMILES string of the molecule is CC(C)C(C)CNS(=O)(=O)c1c(F)cc(F)cc1Br. The molecule has 1 N–H and O–H groups in total. The molecule has 0 aliphatic rings. The summed E-state index contributed by atoms with van der Waals surface area (Å²) in [5.41, 5.74) is 0. The summed E-state index contributed by atoms with van der Waals surface area (Å²) in [6.07, 6.45) is 0. The third-order valence-electron chi connectivity index (χ3n) is 2.97. The van der Waals surface area contributed by atoms with Crippen molar-refractivity contribution >= 4 is 26.0 Å². The van der Waals surface area contributed by atoms with Crippen LogP contribution in [0.5, 0.6) is 0 Å². The molecule has 1 aromatic carbocycles. The third-order valence-corrected chi connectivity index (χ3v) is 5.35. The summed E-state index contributed by atoms with van der Waals surface area (Å²) in [6, 6.07) is 1.47. The van der Waals surface area contributed by atoms with Crippen LogP contribution in [0, 0.1) is 23.5 Å². The molecule has 1 unspecified atom stereocenters. The average Bonchev–Trinajstić information content (AvgIpc) is 2.23. The van der Waals surface area contributed by atoms with E-state index < -0.39 is 26.6 Å². The fourth-order valence-corrected chi connectivity index (χ4v) is 3.64. The van der Waals surface area contributed by atoms with Gasteiger partial charge in [-0.3, -0.25) is 0 Å². The Morgan fingerprint density at radius 1 is 1.26 bits per heavy atom. The maximum absolute atomic E-state index is 13.6. The van der Waals surface area contributed by atoms with Gasteiger partial charge in [0.15, 0.2) is 0 Å². The molecule has 7 heteroatoms. The van der Waals surface area contributed by atoms with E-state index in [4.69, 9.17) is 0 Å². The highest BCUT2D eigenvalue weighted by atomic mass is 79.9. The quantitative estimate of drug-likeness (QED) is 0.880. The van der Waals surface area contributed by atoms with Gasteiger partial charge >= 0.3 is 0 Å². The standard InChI is InChI=1S/C12H16BrF2NO2S/c1-7(2)8(3)6-16-19(17,18)12-10(13)4-9(14)5-11(12)15/h4-5,7-8,16H,6H2,1-3H3. The molecule has 1 aromatic rings. The van der Waals surface area contributed by atoms with E-state index in [2.05, 4.69) is 20.7 Å². The van der Waals surface area contributed by atoms with E-state index in [9.17, 15) is 17.2 Å². The van der Waals surface area contributed by atoms with Crippen LogP contribution >= 0.6 is 15.9 Å². The Kier molecular flexibility index (Phi) is 5.46. The molecule has 0 spiro atoms. The summed E-state index contributed by atoms with van der Waals surface area (Å²) in [6.45, 7) is 6.02. The van der Waals surface area contributed by atoms with Crippen molar-refractivity contribution in [3.8, 4) is 0 Å². The van der Waals surface area contributed by atoms with Gasteiger partial charge in [-0.15, -0.1) is 0 Å². The van der Waals surface area contributed by atoms with Crippen molar-refractivity contribution in [3.05, 3.63) is 28.2 Å². The van der Waals surface area contributed by atoms with Gasteiger partial charge in [0, 0.05) is 17.1 Å². The first kappa shape index (κ1) is 16.5. The molecule has 0 fully saturated rings. The molecular formula is C12H16BrF2NO2S. The first-order valence-corrected chi connectivity index (χ1v) is 8.07. The zero-order valence-corrected chi connectivity index (χ0v) is 13.3. The van der Waals surface area contributed by atoms with Crippen LogP contribution < -0.4 is 4.72 Å². The summed E-state index contributed by atoms with van der Waals surface area (Å²) >= 11 is 2.87. The summed E-state index contributed by atoms with van der Waals surface area (Å²) in [5, 5.41) is 0. The van der Waals surface area contributed by atoms with Crippen LogP contribution in [0.3, 0.4) is 0 Å². The maximum Gasteiger partial charge on any atom is 0.244 e. The Labute approximate surface area is 120 Å². The number of nitrogens with one attached hydrogen (secondary N) is 1. The van der Waals surface area contributed by atoms with Gasteiger partial charge in [0.25, 0.3) is 0 Å². The smallest absolute Gasteiger partial charge is 0.211 e. The lowest BCUT2D eigenvalue weighted by Crippen LogP contribution is -2.31. The Morgan fingerprint density at radius 3 is 2.32 bits per heavy atom. The fourth-order valence-electron chi connectivity index (χ4n) is 1.33. The highest BCUT2D eigenvalue weighted by Gasteiger charge is 2.24. The molecule has 0 bridgehead atoms. The van der Waals surface area contributed by atoms with Gasteiger partial charge in [-0.25, -0.2) is 21.9 Å². The number of hydrogen-bond acceptors (Lipinski definition) is 2. The molecule has 19 heavy (non-hydrogen) atoms. The largest absolute Gasteiger partial charge is 0.244 e. The van der Waals surface area contributed by atoms with Gasteiger partial charge in [-0.05, 0) is 33.8 Å². The molecule has 0 saturated heterocycles. The van der Waals surface area contributed by atoms with E-state index in [1.165, 1.54) is 0 Å². The molecular weight excluding hydrogens is 340 g/mol. The van der Waals surface area contributed by atoms with Crippen LogP contribution in [0.25, 0.3) is 0 Å². The monoisotopic (exact) mass is 355 g/mol. The van der Waals surface area contributed by atoms with Crippen molar-refractivity contribution in [2.24, 2.45) is 11.8 Å². The van der Waals surface area contributed by atoms with Crippen molar-refractivity contribution in [2.75, 3.05) is 6.54 Å². The van der Waals surface area contributed by atoms with E-state index in [0.29, 0.717) is 12.0 Å². The first-order valence-electron chi connectivity index (χ1n) is 5.79. The van der Waals surface area contributed by atoms with Crippen molar-refractivity contribution in [3.63, 3.8) is 0 Å². The van der Waals surface area contributed by atoms with E-state index in [-0.39, 0.29) is 16.9 Å². The van der Waals surface area contributed by atoms with E-state index in [1.54, 1.807) is 0 Å². The Bertz CT molecular complexity index is 538. The van der Waals surface area contributed by atoms with E-state index in [1.807, 2.05) is 20.8 Å². The molecule has 0 radical (unpaired) electrons. The predicted octanol–water partition coefficient (Wildman–Crippen LogP) is 3.30. The molecule has 0 amide bonds. The van der Waals surface area contributed by atoms with Crippen molar-refractivity contribution < 1.29 is 17.2 Å². The van der Waals surface area contributed by atoms with Gasteiger partial charge < -0.3 is 0 Å². The number of halogens is 3. The fraction of sp³-hybridized carbons (Fsp3) is 0.500. The second-order valence-electron chi connectivity index (χ2n) is 4.77. The minimum atomic E-state index is -4.01. The molecule has 1 rings (SSSR count). The van der Waals surface area contributed by atoms with Gasteiger partial charge in [0.2, 0.25) is 10.0 Å². The second kappa shape index (κ2) is 6.28. The van der Waals surface area contributed by atoms with Crippen molar-refractivity contribution in [1.29, 1.82) is 0 Å². The topological polar surface area (TPSA) is 46.2 Å². The Morgan fingerprint density at radius 2 is 1.84 bits per heavy atom. The maximum atomic E-state index is 13.6. The summed E-state index contributed by atoms with van der Waals surface area (Å²) in [7, 11) is -4.01. The molecule has 0 aliphatic carbocycles. The predicted molar refractivity (Wildman–Crippen MR) is 73.2 cm³/mol. The Balaban J connectivity index is 3.02. The van der Waals surface area contributed by atoms with Crippen LogP contribution in [0.4, 0.5) is 8.78 Å². The molecule has 0 aromatic heterocycles. The average molecular weight is 356 g/mol. The van der Waals surface area contributed by atoms with Crippen molar-refractivity contribution in [1.82, 2.24) is 4.72 Å². The summed E-state index contributed by atoms with van der Waals surface area (Å²) < 4.78 is 52.8. The normalized spacial score (nSPS) is 13.8. The van der Waals surface area contributed by atoms with Gasteiger partial charge in [0.1, 0.15) is 16.5 Å². The molecule has 0 heterocycles. The van der Waals surface area contributed by atoms with Crippen LogP contribution in [0.1, 0.15) is 20.8 Å². The first-order chi connectivity index (χ1) is 8.65. The highest BCUT2D eigenvalue weighted by Crippen LogP contribution is 2.26. The zero-order valence-electron chi connectivity index (χ0n) is 10.9. The number of rotatable bonds is 5. The summed E-state index contributed by atoms with van der Waals surface area (Å²) in [5.74, 6) is -1.54. The van der Waals surface area contributed by atoms with E-state index in [0.717, 1.165) is 6.07 Å². The summed E-state index contributed by atoms with van der Waals surface area (Å²) in [4.78, 5) is -0.565. The lowest BCUT2D eigenvalue weighted by molar-refractivity contribution is 0.414. The van der Waals surface area contributed by atoms with Crippen LogP contribution in [0.2, 0.25) is 0 Å².